The van der Waals surface area contributed by atoms with Crippen molar-refractivity contribution >= 4 is 27.5 Å². The second-order valence-electron chi connectivity index (χ2n) is 9.09. The Bertz CT molecular complexity index is 1310. The highest BCUT2D eigenvalue weighted by molar-refractivity contribution is 7.92. The van der Waals surface area contributed by atoms with Gasteiger partial charge in [0.1, 0.15) is 12.6 Å². The van der Waals surface area contributed by atoms with E-state index >= 15 is 0 Å². The first-order valence-corrected chi connectivity index (χ1v) is 13.8. The number of hydrogen-bond donors (Lipinski definition) is 1. The normalized spacial score (nSPS) is 12.0. The summed E-state index contributed by atoms with van der Waals surface area (Å²) in [6.07, 6.45) is 0.765. The Balaban J connectivity index is 2.03. The van der Waals surface area contributed by atoms with Crippen LogP contribution in [0.5, 0.6) is 0 Å². The summed E-state index contributed by atoms with van der Waals surface area (Å²) in [5, 5.41) is 2.84. The molecule has 7 nitrogen and oxygen atoms in total. The Hall–Kier alpha value is -3.65. The van der Waals surface area contributed by atoms with E-state index in [1.165, 1.54) is 17.0 Å². The maximum atomic E-state index is 13.8. The number of anilines is 1. The second-order valence-corrected chi connectivity index (χ2v) is 11.0. The number of aryl methyl sites for hydroxylation is 2. The van der Waals surface area contributed by atoms with Crippen LogP contribution in [0.1, 0.15) is 37.0 Å². The van der Waals surface area contributed by atoms with E-state index in [1.807, 2.05) is 63.2 Å². The molecule has 0 radical (unpaired) electrons. The fourth-order valence-electron chi connectivity index (χ4n) is 4.08. The highest BCUT2D eigenvalue weighted by atomic mass is 32.2. The number of nitrogens with zero attached hydrogens (tertiary/aromatic N) is 2. The third-order valence-electron chi connectivity index (χ3n) is 6.14. The Morgan fingerprint density at radius 1 is 0.919 bits per heavy atom. The second kappa shape index (κ2) is 12.5. The Morgan fingerprint density at radius 2 is 1.54 bits per heavy atom. The lowest BCUT2D eigenvalue weighted by molar-refractivity contribution is -0.139. The summed E-state index contributed by atoms with van der Waals surface area (Å²) in [5.41, 5.74) is 2.98. The van der Waals surface area contributed by atoms with E-state index in [1.54, 1.807) is 31.2 Å². The minimum Gasteiger partial charge on any atom is -0.354 e. The third kappa shape index (κ3) is 6.98. The van der Waals surface area contributed by atoms with Crippen molar-refractivity contribution < 1.29 is 18.0 Å². The van der Waals surface area contributed by atoms with Gasteiger partial charge in [0.25, 0.3) is 10.0 Å². The van der Waals surface area contributed by atoms with Crippen LogP contribution in [-0.2, 0) is 26.2 Å². The molecular formula is C29H35N3O4S. The standard InChI is InChI=1S/C29H35N3O4S/c1-5-18-30-29(34)24(4)31(20-25-12-8-6-9-13-25)28(33)21-32(27-17-16-22(2)19-23(27)3)37(35,36)26-14-10-7-11-15-26/h6-17,19,24H,5,18,20-21H2,1-4H3,(H,30,34)/t24-/m1/s1. The van der Waals surface area contributed by atoms with Gasteiger partial charge in [0.05, 0.1) is 10.6 Å². The highest BCUT2D eigenvalue weighted by Crippen LogP contribution is 2.28. The molecule has 0 aliphatic carbocycles. The van der Waals surface area contributed by atoms with Gasteiger partial charge in [-0.25, -0.2) is 8.42 Å². The molecule has 0 saturated heterocycles. The van der Waals surface area contributed by atoms with Crippen molar-refractivity contribution in [2.45, 2.75) is 51.6 Å². The van der Waals surface area contributed by atoms with Crippen LogP contribution in [0.15, 0.2) is 83.8 Å². The summed E-state index contributed by atoms with van der Waals surface area (Å²) >= 11 is 0. The van der Waals surface area contributed by atoms with Crippen LogP contribution in [0.2, 0.25) is 0 Å². The highest BCUT2D eigenvalue weighted by Gasteiger charge is 2.33. The summed E-state index contributed by atoms with van der Waals surface area (Å²) in [6, 6.07) is 22.1. The molecule has 0 bridgehead atoms. The molecule has 2 amide bonds. The van der Waals surface area contributed by atoms with E-state index in [0.717, 1.165) is 27.4 Å². The molecular weight excluding hydrogens is 486 g/mol. The summed E-state index contributed by atoms with van der Waals surface area (Å²) in [6.45, 7) is 7.59. The van der Waals surface area contributed by atoms with Gasteiger partial charge in [0.2, 0.25) is 11.8 Å². The molecule has 0 spiro atoms. The van der Waals surface area contributed by atoms with Crippen molar-refractivity contribution in [2.24, 2.45) is 0 Å². The number of rotatable bonds is 11. The van der Waals surface area contributed by atoms with Crippen LogP contribution in [0.25, 0.3) is 0 Å². The van der Waals surface area contributed by atoms with Crippen LogP contribution >= 0.6 is 0 Å². The molecule has 8 heteroatoms. The van der Waals surface area contributed by atoms with E-state index in [0.29, 0.717) is 12.2 Å². The number of benzene rings is 3. The van der Waals surface area contributed by atoms with E-state index in [-0.39, 0.29) is 17.3 Å². The lowest BCUT2D eigenvalue weighted by Crippen LogP contribution is -2.51. The number of amides is 2. The van der Waals surface area contributed by atoms with Crippen LogP contribution < -0.4 is 9.62 Å². The van der Waals surface area contributed by atoms with E-state index < -0.39 is 28.5 Å². The molecule has 0 saturated carbocycles. The molecule has 3 aromatic rings. The predicted molar refractivity (Wildman–Crippen MR) is 147 cm³/mol. The van der Waals surface area contributed by atoms with Crippen LogP contribution in [0.3, 0.4) is 0 Å². The Kier molecular flexibility index (Phi) is 9.47. The molecule has 1 atom stereocenters. The molecule has 3 rings (SSSR count). The first kappa shape index (κ1) is 27.9. The number of nitrogens with one attached hydrogen (secondary N) is 1. The molecule has 0 aromatic heterocycles. The molecule has 0 fully saturated rings. The molecule has 196 valence electrons. The molecule has 0 aliphatic heterocycles. The van der Waals surface area contributed by atoms with Gasteiger partial charge in [-0.05, 0) is 56.5 Å². The third-order valence-corrected chi connectivity index (χ3v) is 7.92. The fraction of sp³-hybridized carbons (Fsp3) is 0.310. The minimum atomic E-state index is -4.07. The monoisotopic (exact) mass is 521 g/mol. The van der Waals surface area contributed by atoms with Crippen molar-refractivity contribution in [3.8, 4) is 0 Å². The number of hydrogen-bond acceptors (Lipinski definition) is 4. The van der Waals surface area contributed by atoms with Gasteiger partial charge in [0, 0.05) is 13.1 Å². The first-order valence-electron chi connectivity index (χ1n) is 12.4. The predicted octanol–water partition coefficient (Wildman–Crippen LogP) is 4.44. The molecule has 0 unspecified atom stereocenters. The van der Waals surface area contributed by atoms with Gasteiger partial charge in [-0.3, -0.25) is 13.9 Å². The van der Waals surface area contributed by atoms with Crippen molar-refractivity contribution in [1.82, 2.24) is 10.2 Å². The van der Waals surface area contributed by atoms with Gasteiger partial charge in [-0.15, -0.1) is 0 Å². The van der Waals surface area contributed by atoms with Gasteiger partial charge in [-0.1, -0.05) is 73.2 Å². The van der Waals surface area contributed by atoms with Crippen molar-refractivity contribution in [2.75, 3.05) is 17.4 Å². The zero-order valence-corrected chi connectivity index (χ0v) is 22.7. The van der Waals surface area contributed by atoms with Gasteiger partial charge in [-0.2, -0.15) is 0 Å². The molecule has 37 heavy (non-hydrogen) atoms. The maximum absolute atomic E-state index is 13.8. The lowest BCUT2D eigenvalue weighted by atomic mass is 10.1. The zero-order chi connectivity index (χ0) is 27.0. The number of carbonyl (C=O) groups excluding carboxylic acids is 2. The average Bonchev–Trinajstić information content (AvgIpc) is 2.90. The molecule has 0 aliphatic rings. The van der Waals surface area contributed by atoms with Gasteiger partial charge >= 0.3 is 0 Å². The first-order chi connectivity index (χ1) is 17.6. The number of sulfonamides is 1. The largest absolute Gasteiger partial charge is 0.354 e. The van der Waals surface area contributed by atoms with E-state index in [9.17, 15) is 18.0 Å². The van der Waals surface area contributed by atoms with Crippen molar-refractivity contribution in [1.29, 1.82) is 0 Å². The van der Waals surface area contributed by atoms with Crippen LogP contribution in [-0.4, -0.2) is 44.3 Å². The minimum absolute atomic E-state index is 0.0890. The molecule has 1 N–H and O–H groups in total. The number of carbonyl (C=O) groups is 2. The fourth-order valence-corrected chi connectivity index (χ4v) is 5.58. The van der Waals surface area contributed by atoms with Crippen molar-refractivity contribution in [3.05, 3.63) is 95.6 Å². The van der Waals surface area contributed by atoms with E-state index in [2.05, 4.69) is 5.32 Å². The maximum Gasteiger partial charge on any atom is 0.264 e. The lowest BCUT2D eigenvalue weighted by Gasteiger charge is -2.32. The molecule has 0 heterocycles. The Labute approximate surface area is 220 Å². The van der Waals surface area contributed by atoms with Gasteiger partial charge < -0.3 is 10.2 Å². The summed E-state index contributed by atoms with van der Waals surface area (Å²) in [7, 11) is -4.07. The zero-order valence-electron chi connectivity index (χ0n) is 21.8. The summed E-state index contributed by atoms with van der Waals surface area (Å²) in [4.78, 5) is 28.2. The summed E-state index contributed by atoms with van der Waals surface area (Å²) in [5.74, 6) is -0.752. The van der Waals surface area contributed by atoms with Crippen LogP contribution in [0.4, 0.5) is 5.69 Å². The average molecular weight is 522 g/mol. The van der Waals surface area contributed by atoms with Crippen LogP contribution in [0, 0.1) is 13.8 Å². The van der Waals surface area contributed by atoms with E-state index in [4.69, 9.17) is 0 Å². The molecule has 3 aromatic carbocycles. The summed E-state index contributed by atoms with van der Waals surface area (Å²) < 4.78 is 28.8. The van der Waals surface area contributed by atoms with Gasteiger partial charge in [0.15, 0.2) is 0 Å². The van der Waals surface area contributed by atoms with Crippen molar-refractivity contribution in [3.63, 3.8) is 0 Å². The quantitative estimate of drug-likeness (QED) is 0.404. The Morgan fingerprint density at radius 3 is 2.14 bits per heavy atom. The smallest absolute Gasteiger partial charge is 0.264 e. The topological polar surface area (TPSA) is 86.8 Å². The SMILES string of the molecule is CCCNC(=O)[C@@H](C)N(Cc1ccccc1)C(=O)CN(c1ccc(C)cc1C)S(=O)(=O)c1ccccc1.